The third-order valence-corrected chi connectivity index (χ3v) is 5.22. The number of hydrogen-bond acceptors (Lipinski definition) is 0. The van der Waals surface area contributed by atoms with Crippen molar-refractivity contribution in [1.82, 2.24) is 0 Å². The summed E-state index contributed by atoms with van der Waals surface area (Å²) in [6, 6.07) is 28.5. The predicted molar refractivity (Wildman–Crippen MR) is 112 cm³/mol. The molecule has 1 aliphatic rings. The molecule has 128 valence electrons. The van der Waals surface area contributed by atoms with Crippen LogP contribution < -0.4 is 0 Å². The molecule has 0 amide bonds. The van der Waals surface area contributed by atoms with Gasteiger partial charge in [0.1, 0.15) is 0 Å². The quantitative estimate of drug-likeness (QED) is 0.482. The predicted octanol–water partition coefficient (Wildman–Crippen LogP) is 7.02. The molecule has 0 fully saturated rings. The minimum absolute atomic E-state index is 0.301. The molecule has 3 aromatic carbocycles. The normalized spacial score (nSPS) is 15.3. The van der Waals surface area contributed by atoms with Gasteiger partial charge in [-0.3, -0.25) is 0 Å². The largest absolute Gasteiger partial charge is 0.0717 e. The molecular formula is C26H24. The van der Waals surface area contributed by atoms with E-state index < -0.39 is 0 Å². The zero-order valence-corrected chi connectivity index (χ0v) is 15.7. The van der Waals surface area contributed by atoms with Crippen molar-refractivity contribution >= 4 is 11.1 Å². The van der Waals surface area contributed by atoms with E-state index in [2.05, 4.69) is 106 Å². The molecule has 0 aliphatic heterocycles. The average Bonchev–Trinajstić information content (AvgIpc) is 3.03. The third kappa shape index (κ3) is 2.93. The van der Waals surface area contributed by atoms with Gasteiger partial charge in [-0.2, -0.15) is 0 Å². The average molecular weight is 336 g/mol. The molecule has 0 saturated heterocycles. The Labute approximate surface area is 156 Å². The van der Waals surface area contributed by atoms with E-state index in [9.17, 15) is 0 Å². The highest BCUT2D eigenvalue weighted by Gasteiger charge is 2.27. The first-order valence-corrected chi connectivity index (χ1v) is 9.26. The number of allylic oxidation sites excluding steroid dienone is 3. The van der Waals surface area contributed by atoms with Gasteiger partial charge in [0.25, 0.3) is 0 Å². The molecule has 0 heteroatoms. The van der Waals surface area contributed by atoms with Gasteiger partial charge < -0.3 is 0 Å². The van der Waals surface area contributed by atoms with Crippen LogP contribution in [0.4, 0.5) is 0 Å². The van der Waals surface area contributed by atoms with Crippen molar-refractivity contribution in [3.05, 3.63) is 118 Å². The summed E-state index contributed by atoms with van der Waals surface area (Å²) in [6.45, 7) is 6.59. The summed E-state index contributed by atoms with van der Waals surface area (Å²) in [5.74, 6) is 0.301. The first-order valence-electron chi connectivity index (χ1n) is 9.26. The van der Waals surface area contributed by atoms with Gasteiger partial charge in [0.15, 0.2) is 0 Å². The van der Waals surface area contributed by atoms with E-state index in [1.165, 1.54) is 44.5 Å². The molecule has 4 rings (SSSR count). The number of fused-ring (bicyclic) bond motifs is 1. The number of hydrogen-bond donors (Lipinski definition) is 0. The summed E-state index contributed by atoms with van der Waals surface area (Å²) in [5, 5.41) is 0. The van der Waals surface area contributed by atoms with E-state index >= 15 is 0 Å². The molecule has 1 atom stereocenters. The van der Waals surface area contributed by atoms with Crippen molar-refractivity contribution in [2.45, 2.75) is 26.7 Å². The minimum atomic E-state index is 0.301. The Morgan fingerprint density at radius 2 is 1.38 bits per heavy atom. The van der Waals surface area contributed by atoms with E-state index in [0.29, 0.717) is 5.92 Å². The lowest BCUT2D eigenvalue weighted by atomic mass is 9.85. The summed E-state index contributed by atoms with van der Waals surface area (Å²) in [6.07, 6.45) is 2.45. The first kappa shape index (κ1) is 16.6. The first-order chi connectivity index (χ1) is 12.6. The van der Waals surface area contributed by atoms with E-state index in [0.717, 1.165) is 0 Å². The van der Waals surface area contributed by atoms with Crippen molar-refractivity contribution in [2.24, 2.45) is 0 Å². The maximum atomic E-state index is 2.45. The monoisotopic (exact) mass is 336 g/mol. The van der Waals surface area contributed by atoms with Crippen molar-refractivity contribution in [1.29, 1.82) is 0 Å². The van der Waals surface area contributed by atoms with Crippen LogP contribution >= 0.6 is 0 Å². The molecule has 3 aromatic rings. The van der Waals surface area contributed by atoms with E-state index in [4.69, 9.17) is 0 Å². The van der Waals surface area contributed by atoms with Gasteiger partial charge in [0, 0.05) is 5.92 Å². The summed E-state index contributed by atoms with van der Waals surface area (Å²) in [7, 11) is 0. The summed E-state index contributed by atoms with van der Waals surface area (Å²) < 4.78 is 0. The second-order valence-electron chi connectivity index (χ2n) is 7.29. The Morgan fingerprint density at radius 1 is 0.731 bits per heavy atom. The van der Waals surface area contributed by atoms with Crippen molar-refractivity contribution in [2.75, 3.05) is 0 Å². The van der Waals surface area contributed by atoms with Crippen LogP contribution in [0.2, 0.25) is 0 Å². The highest BCUT2D eigenvalue weighted by atomic mass is 14.3. The molecule has 0 bridgehead atoms. The zero-order valence-electron chi connectivity index (χ0n) is 15.7. The Bertz CT molecular complexity index is 982. The van der Waals surface area contributed by atoms with Crippen LogP contribution in [0.1, 0.15) is 47.6 Å². The van der Waals surface area contributed by atoms with Crippen LogP contribution in [-0.2, 0) is 0 Å². The van der Waals surface area contributed by atoms with Crippen molar-refractivity contribution < 1.29 is 0 Å². The summed E-state index contributed by atoms with van der Waals surface area (Å²) >= 11 is 0. The van der Waals surface area contributed by atoms with E-state index in [-0.39, 0.29) is 0 Å². The SMILES string of the molecule is CC(C)=C(c1ccccc1)C1C=C(c2ccc(C)cc2)c2ccccc21. The highest BCUT2D eigenvalue weighted by Crippen LogP contribution is 2.46. The van der Waals surface area contributed by atoms with Crippen LogP contribution in [-0.4, -0.2) is 0 Å². The van der Waals surface area contributed by atoms with Gasteiger partial charge in [-0.1, -0.05) is 96.1 Å². The number of aryl methyl sites for hydroxylation is 1. The summed E-state index contributed by atoms with van der Waals surface area (Å²) in [5.41, 5.74) is 10.8. The standard InChI is InChI=1S/C26H24/c1-18(2)26(21-9-5-4-6-10-21)25-17-24(20-15-13-19(3)14-16-20)22-11-7-8-12-23(22)25/h4-17,25H,1-3H3. The fourth-order valence-electron chi connectivity index (χ4n) is 3.98. The van der Waals surface area contributed by atoms with E-state index in [1.54, 1.807) is 0 Å². The van der Waals surface area contributed by atoms with Gasteiger partial charge >= 0.3 is 0 Å². The van der Waals surface area contributed by atoms with Gasteiger partial charge in [0.2, 0.25) is 0 Å². The highest BCUT2D eigenvalue weighted by molar-refractivity contribution is 5.91. The van der Waals surface area contributed by atoms with Crippen LogP contribution in [0.15, 0.2) is 90.5 Å². The molecule has 1 unspecified atom stereocenters. The second-order valence-corrected chi connectivity index (χ2v) is 7.29. The van der Waals surface area contributed by atoms with Gasteiger partial charge in [-0.25, -0.2) is 0 Å². The smallest absolute Gasteiger partial charge is 0.0290 e. The Kier molecular flexibility index (Phi) is 4.34. The molecule has 0 heterocycles. The fraction of sp³-hybridized carbons (Fsp3) is 0.154. The van der Waals surface area contributed by atoms with Crippen LogP contribution in [0, 0.1) is 6.92 Å². The molecule has 0 nitrogen and oxygen atoms in total. The van der Waals surface area contributed by atoms with Gasteiger partial charge in [0.05, 0.1) is 0 Å². The molecule has 0 radical (unpaired) electrons. The molecule has 1 aliphatic carbocycles. The van der Waals surface area contributed by atoms with Gasteiger partial charge in [-0.05, 0) is 54.2 Å². The van der Waals surface area contributed by atoms with Crippen molar-refractivity contribution in [3.8, 4) is 0 Å². The van der Waals surface area contributed by atoms with Crippen LogP contribution in [0.5, 0.6) is 0 Å². The third-order valence-electron chi connectivity index (χ3n) is 5.22. The van der Waals surface area contributed by atoms with Crippen LogP contribution in [0.25, 0.3) is 11.1 Å². The Morgan fingerprint density at radius 3 is 2.08 bits per heavy atom. The maximum Gasteiger partial charge on any atom is 0.0290 e. The van der Waals surface area contributed by atoms with Crippen molar-refractivity contribution in [3.63, 3.8) is 0 Å². The van der Waals surface area contributed by atoms with Gasteiger partial charge in [-0.15, -0.1) is 0 Å². The molecule has 0 N–H and O–H groups in total. The zero-order chi connectivity index (χ0) is 18.1. The topological polar surface area (TPSA) is 0 Å². The van der Waals surface area contributed by atoms with Crippen LogP contribution in [0.3, 0.4) is 0 Å². The lowest BCUT2D eigenvalue weighted by Gasteiger charge is -2.18. The lowest BCUT2D eigenvalue weighted by molar-refractivity contribution is 1.10. The number of benzene rings is 3. The number of rotatable bonds is 3. The Balaban J connectivity index is 1.89. The second kappa shape index (κ2) is 6.80. The minimum Gasteiger partial charge on any atom is -0.0717 e. The molecule has 0 saturated carbocycles. The van der Waals surface area contributed by atoms with E-state index in [1.807, 2.05) is 0 Å². The molecular weight excluding hydrogens is 312 g/mol. The molecule has 0 spiro atoms. The lowest BCUT2D eigenvalue weighted by Crippen LogP contribution is -1.99. The Hall–Kier alpha value is -2.86. The molecule has 26 heavy (non-hydrogen) atoms. The maximum absolute atomic E-state index is 2.45. The summed E-state index contributed by atoms with van der Waals surface area (Å²) in [4.78, 5) is 0. The molecule has 0 aromatic heterocycles. The fourth-order valence-corrected chi connectivity index (χ4v) is 3.98.